The smallest absolute Gasteiger partial charge is 0.337 e. The molecule has 1 heterocycles. The molecule has 0 aliphatic carbocycles. The number of amides is 1. The number of azo groups is 1. The van der Waals surface area contributed by atoms with Gasteiger partial charge >= 0.3 is 5.97 Å². The predicted octanol–water partition coefficient (Wildman–Crippen LogP) is 1.23. The van der Waals surface area contributed by atoms with Crippen LogP contribution in [-0.4, -0.2) is 60.2 Å². The second-order valence-corrected chi connectivity index (χ2v) is 9.74. The van der Waals surface area contributed by atoms with E-state index in [1.807, 2.05) is 0 Å². The molecule has 17 heteroatoms. The number of hydrogen-bond donors (Lipinski definition) is 3. The van der Waals surface area contributed by atoms with Crippen LogP contribution in [0.1, 0.15) is 22.8 Å². The van der Waals surface area contributed by atoms with Crippen molar-refractivity contribution < 1.29 is 63.5 Å². The monoisotopic (exact) mass is 566 g/mol. The van der Waals surface area contributed by atoms with Crippen LogP contribution in [0.3, 0.4) is 0 Å². The number of anilines is 1. The van der Waals surface area contributed by atoms with E-state index in [1.54, 1.807) is 0 Å². The van der Waals surface area contributed by atoms with E-state index < -0.39 is 54.3 Å². The van der Waals surface area contributed by atoms with E-state index >= 15 is 0 Å². The molecule has 1 aliphatic heterocycles. The molecule has 1 amide bonds. The van der Waals surface area contributed by atoms with Crippen molar-refractivity contribution in [2.24, 2.45) is 15.3 Å². The zero-order valence-electron chi connectivity index (χ0n) is 17.8. The molecule has 1 atom stereocenters. The van der Waals surface area contributed by atoms with E-state index in [2.05, 4.69) is 15.3 Å². The molecular formula is C18H18CrN4O10S2. The fourth-order valence-electron chi connectivity index (χ4n) is 2.94. The summed E-state index contributed by atoms with van der Waals surface area (Å²) in [5.41, 5.74) is -0.138. The Hall–Kier alpha value is -3.04. The van der Waals surface area contributed by atoms with Crippen molar-refractivity contribution in [3.05, 3.63) is 47.5 Å². The van der Waals surface area contributed by atoms with E-state index in [0.717, 1.165) is 35.3 Å². The van der Waals surface area contributed by atoms with Crippen LogP contribution in [0.2, 0.25) is 0 Å². The van der Waals surface area contributed by atoms with Gasteiger partial charge in [0, 0.05) is 17.4 Å². The molecule has 2 aromatic rings. The predicted molar refractivity (Wildman–Crippen MR) is 117 cm³/mol. The van der Waals surface area contributed by atoms with Gasteiger partial charge in [-0.2, -0.15) is 37.2 Å². The molecule has 0 spiro atoms. The van der Waals surface area contributed by atoms with E-state index in [0.29, 0.717) is 5.56 Å². The average molecular weight is 566 g/mol. The number of carboxylic acid groups (broad SMARTS) is 1. The number of aryl methyl sites for hydroxylation is 1. The van der Waals surface area contributed by atoms with Gasteiger partial charge in [-0.15, -0.1) is 0 Å². The fraction of sp³-hybridized carbons (Fsp3) is 0.167. The van der Waals surface area contributed by atoms with Gasteiger partial charge < -0.3 is 10.6 Å². The third kappa shape index (κ3) is 6.35. The van der Waals surface area contributed by atoms with Gasteiger partial charge in [-0.1, -0.05) is 0 Å². The Kier molecular flexibility index (Phi) is 9.17. The summed E-state index contributed by atoms with van der Waals surface area (Å²) in [6.45, 7) is 2.95. The maximum atomic E-state index is 12.9. The van der Waals surface area contributed by atoms with Crippen LogP contribution in [0, 0.1) is 6.92 Å². The summed E-state index contributed by atoms with van der Waals surface area (Å²) >= 11 is 0. The van der Waals surface area contributed by atoms with Crippen molar-refractivity contribution in [1.29, 1.82) is 0 Å². The molecule has 0 fully saturated rings. The summed E-state index contributed by atoms with van der Waals surface area (Å²) in [5, 5.41) is 21.8. The van der Waals surface area contributed by atoms with Gasteiger partial charge in [-0.25, -0.2) is 4.79 Å². The molecule has 35 heavy (non-hydrogen) atoms. The number of carboxylic acids is 1. The summed E-state index contributed by atoms with van der Waals surface area (Å²) in [5.74, 6) is -2.13. The number of hydrogen-bond acceptors (Lipinski definition) is 9. The zero-order valence-corrected chi connectivity index (χ0v) is 20.8. The minimum Gasteiger partial charge on any atom is -0.478 e. The van der Waals surface area contributed by atoms with Crippen LogP contribution in [0.5, 0.6) is 0 Å². The Labute approximate surface area is 209 Å². The molecule has 188 valence electrons. The normalized spacial score (nSPS) is 16.0. The molecule has 14 nitrogen and oxygen atoms in total. The first-order valence-electron chi connectivity index (χ1n) is 8.93. The number of nitrogens with zero attached hydrogens (tertiary/aromatic N) is 4. The summed E-state index contributed by atoms with van der Waals surface area (Å²) in [6, 6.07) is 4.83. The molecule has 2 aromatic carbocycles. The largest absolute Gasteiger partial charge is 0.478 e. The minimum absolute atomic E-state index is 0. The Bertz CT molecular complexity index is 1460. The van der Waals surface area contributed by atoms with E-state index in [4.69, 9.17) is 4.55 Å². The van der Waals surface area contributed by atoms with Crippen LogP contribution >= 0.6 is 0 Å². The Morgan fingerprint density at radius 1 is 1.00 bits per heavy atom. The van der Waals surface area contributed by atoms with E-state index in [9.17, 15) is 36.1 Å². The van der Waals surface area contributed by atoms with Crippen LogP contribution in [0.25, 0.3) is 0 Å². The van der Waals surface area contributed by atoms with Crippen molar-refractivity contribution >= 4 is 49.2 Å². The van der Waals surface area contributed by atoms with Crippen molar-refractivity contribution in [1.82, 2.24) is 0 Å². The van der Waals surface area contributed by atoms with Gasteiger partial charge in [0.1, 0.15) is 5.69 Å². The fourth-order valence-corrected chi connectivity index (χ4v) is 4.01. The second kappa shape index (κ2) is 10.7. The molecule has 0 bridgehead atoms. The maximum absolute atomic E-state index is 12.9. The summed E-state index contributed by atoms with van der Waals surface area (Å²) < 4.78 is 63.6. The van der Waals surface area contributed by atoms with E-state index in [-0.39, 0.29) is 39.1 Å². The average Bonchev–Trinajstić information content (AvgIpc) is 2.98. The molecule has 0 saturated carbocycles. The number of aromatic carboxylic acids is 1. The Balaban J connectivity index is 0.00000306. The molecular weight excluding hydrogens is 548 g/mol. The first kappa shape index (κ1) is 30.0. The van der Waals surface area contributed by atoms with Crippen molar-refractivity contribution in [2.45, 2.75) is 29.7 Å². The molecule has 1 unspecified atom stereocenters. The number of carbonyl (C=O) groups excluding carboxylic acids is 1. The van der Waals surface area contributed by atoms with Gasteiger partial charge in [0.2, 0.25) is 0 Å². The summed E-state index contributed by atoms with van der Waals surface area (Å²) in [6.07, 6.45) is 0. The molecule has 1 aliphatic rings. The van der Waals surface area contributed by atoms with Crippen molar-refractivity contribution in [2.75, 3.05) is 5.01 Å². The van der Waals surface area contributed by atoms with Crippen LogP contribution in [0.4, 0.5) is 11.4 Å². The third-order valence-electron chi connectivity index (χ3n) is 4.57. The molecule has 0 aromatic heterocycles. The number of rotatable bonds is 6. The molecule has 0 saturated heterocycles. The van der Waals surface area contributed by atoms with Crippen molar-refractivity contribution in [3.63, 3.8) is 0 Å². The van der Waals surface area contributed by atoms with Gasteiger partial charge in [0.15, 0.2) is 6.04 Å². The minimum atomic E-state index is -4.64. The Morgan fingerprint density at radius 2 is 1.54 bits per heavy atom. The maximum Gasteiger partial charge on any atom is 0.337 e. The number of hydrazone groups is 1. The first-order chi connectivity index (χ1) is 15.2. The van der Waals surface area contributed by atoms with E-state index in [1.165, 1.54) is 19.9 Å². The van der Waals surface area contributed by atoms with Gasteiger partial charge in [-0.05, 0) is 55.8 Å². The van der Waals surface area contributed by atoms with Crippen molar-refractivity contribution in [3.8, 4) is 0 Å². The zero-order chi connectivity index (χ0) is 24.7. The topological polar surface area (TPSA) is 235 Å². The SMILES string of the molecule is CC1=NN(c2ccc(S(=O)(=O)O)cc2C)C(=O)C1N=Nc1cc(S(=O)(=O)O)ccc1C(=O)O.O.[Cr]. The van der Waals surface area contributed by atoms with Crippen LogP contribution in [0.15, 0.2) is 61.5 Å². The Morgan fingerprint density at radius 3 is 2.06 bits per heavy atom. The first-order valence-corrected chi connectivity index (χ1v) is 11.8. The van der Waals surface area contributed by atoms with Gasteiger partial charge in [-0.3, -0.25) is 13.9 Å². The second-order valence-electron chi connectivity index (χ2n) is 6.89. The standard InChI is InChI=1S/C18H16N4O9S2.Cr.H2O/c1-9-7-11(32(26,27)28)4-6-15(9)22-17(23)16(10(2)21-22)20-19-14-8-12(33(29,30)31)3-5-13(14)18(24)25;;/h3-8,16H,1-2H3,(H,24,25)(H,26,27,28)(H,29,30,31);;1H2. The summed E-state index contributed by atoms with van der Waals surface area (Å²) in [4.78, 5) is 23.3. The van der Waals surface area contributed by atoms with Crippen LogP contribution in [-0.2, 0) is 42.4 Å². The third-order valence-corrected chi connectivity index (χ3v) is 6.27. The van der Waals surface area contributed by atoms with Gasteiger partial charge in [0.25, 0.3) is 26.1 Å². The molecule has 5 N–H and O–H groups in total. The van der Waals surface area contributed by atoms with Crippen LogP contribution < -0.4 is 5.01 Å². The number of carbonyl (C=O) groups is 2. The van der Waals surface area contributed by atoms with Gasteiger partial charge in [0.05, 0.1) is 26.8 Å². The quantitative estimate of drug-likeness (QED) is 0.336. The molecule has 0 radical (unpaired) electrons. The summed E-state index contributed by atoms with van der Waals surface area (Å²) in [7, 11) is -9.09. The molecule has 3 rings (SSSR count). The number of benzene rings is 2.